The van der Waals surface area contributed by atoms with Crippen molar-refractivity contribution in [1.82, 2.24) is 4.90 Å². The van der Waals surface area contributed by atoms with Crippen LogP contribution >= 0.6 is 0 Å². The largest absolute Gasteiger partial charge is 0.452 e. The van der Waals surface area contributed by atoms with Gasteiger partial charge in [0.05, 0.1) is 18.9 Å². The summed E-state index contributed by atoms with van der Waals surface area (Å²) in [6.45, 7) is 0. The number of imide groups is 3. The second-order valence-corrected chi connectivity index (χ2v) is 4.48. The average Bonchev–Trinajstić information content (AvgIpc) is 2.92. The topological polar surface area (TPSA) is 63.7 Å². The first-order valence-corrected chi connectivity index (χ1v) is 5.29. The fourth-order valence-electron chi connectivity index (χ4n) is 3.17. The van der Waals surface area contributed by atoms with E-state index in [0.29, 0.717) is 4.90 Å². The second-order valence-electron chi connectivity index (χ2n) is 4.48. The normalized spacial score (nSPS) is 39.4. The summed E-state index contributed by atoms with van der Waals surface area (Å²) in [6.07, 6.45) is 3.97. The highest BCUT2D eigenvalue weighted by atomic mass is 16.5. The van der Waals surface area contributed by atoms with E-state index < -0.39 is 17.9 Å². The Labute approximate surface area is 92.0 Å². The van der Waals surface area contributed by atoms with Crippen molar-refractivity contribution in [2.24, 2.45) is 23.7 Å². The SMILES string of the molecule is COC(=O)N1C(=O)C2C3C=CC(C3)C2C1=O. The molecule has 3 rings (SSSR count). The Bertz CT molecular complexity index is 398. The number of ether oxygens (including phenoxy) is 1. The van der Waals surface area contributed by atoms with E-state index in [9.17, 15) is 14.4 Å². The first-order chi connectivity index (χ1) is 7.65. The molecule has 0 spiro atoms. The van der Waals surface area contributed by atoms with Gasteiger partial charge in [-0.2, -0.15) is 4.90 Å². The van der Waals surface area contributed by atoms with E-state index in [1.54, 1.807) is 0 Å². The molecule has 0 radical (unpaired) electrons. The van der Waals surface area contributed by atoms with Crippen LogP contribution in [0.1, 0.15) is 6.42 Å². The third-order valence-corrected chi connectivity index (χ3v) is 3.83. The molecule has 4 unspecified atom stereocenters. The maximum atomic E-state index is 12.0. The van der Waals surface area contributed by atoms with Gasteiger partial charge in [0.2, 0.25) is 11.8 Å². The number of hydrogen-bond acceptors (Lipinski definition) is 4. The fourth-order valence-corrected chi connectivity index (χ4v) is 3.17. The molecule has 1 saturated heterocycles. The molecule has 5 nitrogen and oxygen atoms in total. The summed E-state index contributed by atoms with van der Waals surface area (Å²) in [6, 6.07) is 0. The summed E-state index contributed by atoms with van der Waals surface area (Å²) in [5.41, 5.74) is 0. The Hall–Kier alpha value is -1.65. The highest BCUT2D eigenvalue weighted by molar-refractivity contribution is 6.16. The molecule has 1 saturated carbocycles. The monoisotopic (exact) mass is 221 g/mol. The summed E-state index contributed by atoms with van der Waals surface area (Å²) in [4.78, 5) is 35.9. The number of methoxy groups -OCH3 is 1. The van der Waals surface area contributed by atoms with Crippen molar-refractivity contribution in [1.29, 1.82) is 0 Å². The molecule has 1 aliphatic heterocycles. The van der Waals surface area contributed by atoms with Gasteiger partial charge in [0.15, 0.2) is 0 Å². The van der Waals surface area contributed by atoms with E-state index in [1.807, 2.05) is 12.2 Å². The molecule has 0 aromatic carbocycles. The van der Waals surface area contributed by atoms with Crippen LogP contribution in [0.25, 0.3) is 0 Å². The third kappa shape index (κ3) is 0.930. The van der Waals surface area contributed by atoms with E-state index in [2.05, 4.69) is 4.74 Å². The third-order valence-electron chi connectivity index (χ3n) is 3.83. The number of hydrogen-bond donors (Lipinski definition) is 0. The van der Waals surface area contributed by atoms with Crippen LogP contribution in [0.5, 0.6) is 0 Å². The molecule has 0 aromatic heterocycles. The van der Waals surface area contributed by atoms with Crippen molar-refractivity contribution >= 4 is 17.9 Å². The Morgan fingerprint density at radius 1 is 1.25 bits per heavy atom. The second kappa shape index (κ2) is 2.93. The molecular weight excluding hydrogens is 210 g/mol. The summed E-state index contributed by atoms with van der Waals surface area (Å²) in [7, 11) is 1.17. The molecule has 5 heteroatoms. The Morgan fingerprint density at radius 3 is 2.19 bits per heavy atom. The lowest BCUT2D eigenvalue weighted by atomic mass is 9.85. The van der Waals surface area contributed by atoms with E-state index in [4.69, 9.17) is 0 Å². The van der Waals surface area contributed by atoms with Gasteiger partial charge < -0.3 is 4.74 Å². The minimum Gasteiger partial charge on any atom is -0.452 e. The van der Waals surface area contributed by atoms with Crippen molar-refractivity contribution in [3.8, 4) is 0 Å². The van der Waals surface area contributed by atoms with Crippen LogP contribution < -0.4 is 0 Å². The standard InChI is InChI=1S/C11H11NO4/c1-16-11(15)12-9(13)7-5-2-3-6(4-5)8(7)10(12)14/h2-3,5-8H,4H2,1H3. The zero-order valence-electron chi connectivity index (χ0n) is 8.75. The highest BCUT2D eigenvalue weighted by Gasteiger charge is 2.61. The first-order valence-electron chi connectivity index (χ1n) is 5.29. The smallest absolute Gasteiger partial charge is 0.423 e. The van der Waals surface area contributed by atoms with E-state index in [0.717, 1.165) is 6.42 Å². The molecule has 0 N–H and O–H groups in total. The fraction of sp³-hybridized carbons (Fsp3) is 0.545. The van der Waals surface area contributed by atoms with Crippen LogP contribution in [0, 0.1) is 23.7 Å². The molecule has 2 aliphatic carbocycles. The van der Waals surface area contributed by atoms with Gasteiger partial charge in [0.25, 0.3) is 0 Å². The minimum atomic E-state index is -0.858. The highest BCUT2D eigenvalue weighted by Crippen LogP contribution is 2.52. The Kier molecular flexibility index (Phi) is 1.75. The van der Waals surface area contributed by atoms with Crippen LogP contribution in [0.15, 0.2) is 12.2 Å². The maximum absolute atomic E-state index is 12.0. The van der Waals surface area contributed by atoms with Crippen LogP contribution in [-0.2, 0) is 14.3 Å². The van der Waals surface area contributed by atoms with E-state index in [1.165, 1.54) is 7.11 Å². The van der Waals surface area contributed by atoms with Crippen molar-refractivity contribution in [2.75, 3.05) is 7.11 Å². The van der Waals surface area contributed by atoms with Gasteiger partial charge in [0.1, 0.15) is 0 Å². The molecule has 84 valence electrons. The molecular formula is C11H11NO4. The van der Waals surface area contributed by atoms with Gasteiger partial charge >= 0.3 is 6.09 Å². The van der Waals surface area contributed by atoms with Gasteiger partial charge in [-0.05, 0) is 18.3 Å². The Morgan fingerprint density at radius 2 is 1.75 bits per heavy atom. The lowest BCUT2D eigenvalue weighted by Gasteiger charge is -2.14. The molecule has 1 heterocycles. The molecule has 0 aromatic rings. The number of carbonyl (C=O) groups is 3. The maximum Gasteiger partial charge on any atom is 0.423 e. The van der Waals surface area contributed by atoms with E-state index in [-0.39, 0.29) is 23.7 Å². The van der Waals surface area contributed by atoms with Gasteiger partial charge in [0, 0.05) is 0 Å². The summed E-state index contributed by atoms with van der Waals surface area (Å²) in [5.74, 6) is -1.19. The number of amides is 3. The molecule has 4 atom stereocenters. The lowest BCUT2D eigenvalue weighted by Crippen LogP contribution is -2.38. The zero-order valence-corrected chi connectivity index (χ0v) is 8.75. The number of likely N-dealkylation sites (tertiary alicyclic amines) is 1. The Balaban J connectivity index is 1.98. The predicted octanol–water partition coefficient (Wildman–Crippen LogP) is 0.560. The van der Waals surface area contributed by atoms with Crippen molar-refractivity contribution < 1.29 is 19.1 Å². The van der Waals surface area contributed by atoms with E-state index >= 15 is 0 Å². The quantitative estimate of drug-likeness (QED) is 0.443. The van der Waals surface area contributed by atoms with Crippen LogP contribution in [0.4, 0.5) is 4.79 Å². The minimum absolute atomic E-state index is 0.126. The molecule has 2 bridgehead atoms. The van der Waals surface area contributed by atoms with Crippen LogP contribution in [0.2, 0.25) is 0 Å². The lowest BCUT2D eigenvalue weighted by molar-refractivity contribution is -0.138. The van der Waals surface area contributed by atoms with Crippen molar-refractivity contribution in [3.05, 3.63) is 12.2 Å². The molecule has 3 aliphatic rings. The summed E-state index contributed by atoms with van der Waals surface area (Å²) >= 11 is 0. The molecule has 3 amide bonds. The van der Waals surface area contributed by atoms with Crippen molar-refractivity contribution in [2.45, 2.75) is 6.42 Å². The average molecular weight is 221 g/mol. The van der Waals surface area contributed by atoms with Crippen molar-refractivity contribution in [3.63, 3.8) is 0 Å². The summed E-state index contributed by atoms with van der Waals surface area (Å²) < 4.78 is 4.46. The summed E-state index contributed by atoms with van der Waals surface area (Å²) in [5, 5.41) is 0. The van der Waals surface area contributed by atoms with Gasteiger partial charge in [-0.15, -0.1) is 0 Å². The zero-order chi connectivity index (χ0) is 11.4. The predicted molar refractivity (Wildman–Crippen MR) is 52.0 cm³/mol. The van der Waals surface area contributed by atoms with Gasteiger partial charge in [-0.1, -0.05) is 12.2 Å². The molecule has 2 fully saturated rings. The number of carbonyl (C=O) groups excluding carboxylic acids is 3. The number of fused-ring (bicyclic) bond motifs is 5. The first kappa shape index (κ1) is 9.57. The number of rotatable bonds is 0. The number of nitrogens with zero attached hydrogens (tertiary/aromatic N) is 1. The van der Waals surface area contributed by atoms with Crippen LogP contribution in [-0.4, -0.2) is 29.9 Å². The number of allylic oxidation sites excluding steroid dienone is 2. The van der Waals surface area contributed by atoms with Crippen LogP contribution in [0.3, 0.4) is 0 Å². The van der Waals surface area contributed by atoms with Gasteiger partial charge in [-0.25, -0.2) is 4.79 Å². The molecule has 16 heavy (non-hydrogen) atoms. The van der Waals surface area contributed by atoms with Gasteiger partial charge in [-0.3, -0.25) is 9.59 Å².